The molecule has 5 nitrogen and oxygen atoms in total. The summed E-state index contributed by atoms with van der Waals surface area (Å²) in [6, 6.07) is 7.46. The summed E-state index contributed by atoms with van der Waals surface area (Å²) in [5.74, 6) is -2.33. The molecule has 1 aromatic rings. The fourth-order valence-corrected chi connectivity index (χ4v) is 3.77. The first-order valence-electron chi connectivity index (χ1n) is 7.08. The van der Waals surface area contributed by atoms with E-state index in [1.54, 1.807) is 18.2 Å². The number of benzene rings is 1. The lowest BCUT2D eigenvalue weighted by molar-refractivity contribution is -0.162. The van der Waals surface area contributed by atoms with Crippen molar-refractivity contribution in [2.75, 3.05) is 28.4 Å². The highest BCUT2D eigenvalue weighted by Gasteiger charge is 2.43. The molecule has 0 saturated heterocycles. The second kappa shape index (κ2) is 7.07. The number of hydrogen-bond donors (Lipinski definition) is 0. The smallest absolute Gasteiger partial charge is 0.223 e. The Morgan fingerprint density at radius 2 is 1.43 bits per heavy atom. The third kappa shape index (κ3) is 3.32. The number of methoxy groups -OCH3 is 4. The zero-order chi connectivity index (χ0) is 17.1. The van der Waals surface area contributed by atoms with E-state index >= 15 is 0 Å². The summed E-state index contributed by atoms with van der Waals surface area (Å²) in [5, 5.41) is 0. The Labute approximate surface area is 139 Å². The molecule has 0 aliphatic heterocycles. The Balaban J connectivity index is 2.53. The number of ether oxygens (including phenoxy) is 4. The van der Waals surface area contributed by atoms with Crippen molar-refractivity contribution >= 4 is 10.8 Å². The van der Waals surface area contributed by atoms with E-state index in [1.165, 1.54) is 28.4 Å². The summed E-state index contributed by atoms with van der Waals surface area (Å²) in [7, 11) is 4.54. The standard InChI is InChI=1S/C17H22O5S/c1-13-6-8-14(9-7-13)23(18)15-12-16(19-2,20-3)10-11-17(15,21-4)22-5/h6-12H,1-5H3. The highest BCUT2D eigenvalue weighted by atomic mass is 32.2. The number of aryl methyl sites for hydroxylation is 1. The maximum Gasteiger partial charge on any atom is 0.223 e. The molecule has 23 heavy (non-hydrogen) atoms. The minimum absolute atomic E-state index is 0.414. The molecule has 0 bridgehead atoms. The van der Waals surface area contributed by atoms with E-state index in [0.717, 1.165) is 5.56 Å². The molecule has 6 heteroatoms. The molecule has 0 radical (unpaired) electrons. The largest absolute Gasteiger partial charge is 0.346 e. The fraction of sp³-hybridized carbons (Fsp3) is 0.412. The van der Waals surface area contributed by atoms with Crippen molar-refractivity contribution in [2.45, 2.75) is 23.4 Å². The van der Waals surface area contributed by atoms with Crippen molar-refractivity contribution < 1.29 is 23.2 Å². The molecule has 2 rings (SSSR count). The molecule has 0 heterocycles. The van der Waals surface area contributed by atoms with Gasteiger partial charge in [-0.2, -0.15) is 0 Å². The first-order chi connectivity index (χ1) is 11.0. The van der Waals surface area contributed by atoms with Gasteiger partial charge in [0.05, 0.1) is 15.7 Å². The van der Waals surface area contributed by atoms with Gasteiger partial charge < -0.3 is 18.9 Å². The predicted molar refractivity (Wildman–Crippen MR) is 88.3 cm³/mol. The molecule has 1 unspecified atom stereocenters. The van der Waals surface area contributed by atoms with Crippen LogP contribution >= 0.6 is 0 Å². The van der Waals surface area contributed by atoms with Gasteiger partial charge in [0.25, 0.3) is 0 Å². The van der Waals surface area contributed by atoms with Crippen LogP contribution in [-0.4, -0.2) is 44.2 Å². The van der Waals surface area contributed by atoms with Gasteiger partial charge in [-0.25, -0.2) is 4.21 Å². The third-order valence-corrected chi connectivity index (χ3v) is 5.39. The van der Waals surface area contributed by atoms with Gasteiger partial charge in [0.15, 0.2) is 0 Å². The van der Waals surface area contributed by atoms with Crippen LogP contribution in [0.1, 0.15) is 5.56 Å². The zero-order valence-electron chi connectivity index (χ0n) is 14.0. The first kappa shape index (κ1) is 18.0. The van der Waals surface area contributed by atoms with Crippen LogP contribution in [-0.2, 0) is 29.7 Å². The summed E-state index contributed by atoms with van der Waals surface area (Å²) >= 11 is 0. The lowest BCUT2D eigenvalue weighted by Crippen LogP contribution is -2.43. The lowest BCUT2D eigenvalue weighted by atomic mass is 10.0. The quantitative estimate of drug-likeness (QED) is 0.589. The molecule has 1 aliphatic rings. The molecule has 0 amide bonds. The van der Waals surface area contributed by atoms with E-state index in [1.807, 2.05) is 31.2 Å². The van der Waals surface area contributed by atoms with Crippen molar-refractivity contribution in [3.63, 3.8) is 0 Å². The maximum atomic E-state index is 13.1. The number of rotatable bonds is 6. The van der Waals surface area contributed by atoms with Gasteiger partial charge in [-0.3, -0.25) is 0 Å². The topological polar surface area (TPSA) is 54.0 Å². The van der Waals surface area contributed by atoms with Crippen LogP contribution in [0.15, 0.2) is 52.3 Å². The maximum absolute atomic E-state index is 13.1. The van der Waals surface area contributed by atoms with Crippen LogP contribution in [0.5, 0.6) is 0 Å². The predicted octanol–water partition coefficient (Wildman–Crippen LogP) is 2.53. The van der Waals surface area contributed by atoms with E-state index in [9.17, 15) is 4.21 Å². The summed E-state index contributed by atoms with van der Waals surface area (Å²) in [5.41, 5.74) is 1.09. The van der Waals surface area contributed by atoms with Gasteiger partial charge in [-0.05, 0) is 37.3 Å². The van der Waals surface area contributed by atoms with E-state index in [-0.39, 0.29) is 0 Å². The molecule has 0 spiro atoms. The van der Waals surface area contributed by atoms with Gasteiger partial charge in [-0.15, -0.1) is 0 Å². The van der Waals surface area contributed by atoms with E-state index in [0.29, 0.717) is 9.80 Å². The molecule has 0 N–H and O–H groups in total. The van der Waals surface area contributed by atoms with Crippen LogP contribution in [0.2, 0.25) is 0 Å². The Kier molecular flexibility index (Phi) is 5.54. The van der Waals surface area contributed by atoms with Gasteiger partial charge in [0.2, 0.25) is 11.6 Å². The Morgan fingerprint density at radius 3 is 1.91 bits per heavy atom. The average molecular weight is 338 g/mol. The van der Waals surface area contributed by atoms with E-state index in [2.05, 4.69) is 0 Å². The minimum Gasteiger partial charge on any atom is -0.346 e. The highest BCUT2D eigenvalue weighted by Crippen LogP contribution is 2.37. The number of hydrogen-bond acceptors (Lipinski definition) is 5. The Morgan fingerprint density at radius 1 is 0.870 bits per heavy atom. The molecule has 1 aliphatic carbocycles. The molecule has 126 valence electrons. The first-order valence-corrected chi connectivity index (χ1v) is 8.23. The van der Waals surface area contributed by atoms with E-state index < -0.39 is 22.4 Å². The van der Waals surface area contributed by atoms with Gasteiger partial charge >= 0.3 is 0 Å². The average Bonchev–Trinajstić information content (AvgIpc) is 2.61. The third-order valence-electron chi connectivity index (χ3n) is 3.89. The minimum atomic E-state index is -1.50. The Bertz CT molecular complexity index is 625. The highest BCUT2D eigenvalue weighted by molar-refractivity contribution is 7.89. The van der Waals surface area contributed by atoms with Crippen molar-refractivity contribution in [2.24, 2.45) is 0 Å². The summed E-state index contributed by atoms with van der Waals surface area (Å²) in [6.45, 7) is 1.98. The monoisotopic (exact) mass is 338 g/mol. The molecule has 0 saturated carbocycles. The summed E-state index contributed by atoms with van der Waals surface area (Å²) < 4.78 is 34.9. The molecule has 1 aromatic carbocycles. The van der Waals surface area contributed by atoms with Crippen LogP contribution in [0.25, 0.3) is 0 Å². The SMILES string of the molecule is COC1(OC)C=CC(OC)(OC)C(S(=O)c2ccc(C)cc2)=C1. The van der Waals surface area contributed by atoms with Crippen molar-refractivity contribution in [1.29, 1.82) is 0 Å². The second-order valence-electron chi connectivity index (χ2n) is 5.13. The van der Waals surface area contributed by atoms with Crippen molar-refractivity contribution in [3.8, 4) is 0 Å². The van der Waals surface area contributed by atoms with Gasteiger partial charge in [0.1, 0.15) is 0 Å². The van der Waals surface area contributed by atoms with Crippen LogP contribution in [0.4, 0.5) is 0 Å². The van der Waals surface area contributed by atoms with Crippen molar-refractivity contribution in [1.82, 2.24) is 0 Å². The Hall–Kier alpha value is -1.31. The van der Waals surface area contributed by atoms with Gasteiger partial charge in [-0.1, -0.05) is 17.7 Å². The molecule has 1 atom stereocenters. The normalized spacial score (nSPS) is 20.1. The second-order valence-corrected chi connectivity index (χ2v) is 6.58. The van der Waals surface area contributed by atoms with E-state index in [4.69, 9.17) is 18.9 Å². The molecule has 0 aromatic heterocycles. The summed E-state index contributed by atoms with van der Waals surface area (Å²) in [6.07, 6.45) is 4.97. The van der Waals surface area contributed by atoms with Gasteiger partial charge in [0, 0.05) is 33.3 Å². The lowest BCUT2D eigenvalue weighted by Gasteiger charge is -2.37. The van der Waals surface area contributed by atoms with Crippen molar-refractivity contribution in [3.05, 3.63) is 53.0 Å². The van der Waals surface area contributed by atoms with Crippen LogP contribution in [0, 0.1) is 6.92 Å². The molecular weight excluding hydrogens is 316 g/mol. The molecule has 0 fully saturated rings. The summed E-state index contributed by atoms with van der Waals surface area (Å²) in [4.78, 5) is 1.06. The fourth-order valence-electron chi connectivity index (χ4n) is 2.37. The zero-order valence-corrected chi connectivity index (χ0v) is 14.8. The molecular formula is C17H22O5S. The van der Waals surface area contributed by atoms with Crippen LogP contribution < -0.4 is 0 Å². The van der Waals surface area contributed by atoms with Crippen LogP contribution in [0.3, 0.4) is 0 Å².